The molecule has 0 aliphatic rings. The molecule has 0 fully saturated rings. The summed E-state index contributed by atoms with van der Waals surface area (Å²) in [6.07, 6.45) is 2.47. The molecule has 0 heterocycles. The third-order valence-corrected chi connectivity index (χ3v) is 1.08. The average molecular weight is 114 g/mol. The maximum Gasteiger partial charge on any atom is 0.118 e. The molecule has 0 atom stereocenters. The zero-order chi connectivity index (χ0) is 6.57. The molecule has 0 aliphatic heterocycles. The van der Waals surface area contributed by atoms with E-state index in [1.807, 2.05) is 13.8 Å². The second kappa shape index (κ2) is 3.42. The van der Waals surface area contributed by atoms with Crippen molar-refractivity contribution in [2.24, 2.45) is 0 Å². The summed E-state index contributed by atoms with van der Waals surface area (Å²) in [7, 11) is 0. The fraction of sp³-hybridized carbons (Fsp3) is 0.429. The molecular weight excluding hydrogens is 103 g/mol. The largest absolute Gasteiger partial charge is 0.207 e. The van der Waals surface area contributed by atoms with Gasteiger partial charge in [-0.15, -0.1) is 0 Å². The van der Waals surface area contributed by atoms with E-state index in [2.05, 4.69) is 6.58 Å². The molecule has 0 aromatic carbocycles. The maximum atomic E-state index is 12.1. The fourth-order valence-corrected chi connectivity index (χ4v) is 0.553. The van der Waals surface area contributed by atoms with Gasteiger partial charge >= 0.3 is 0 Å². The van der Waals surface area contributed by atoms with E-state index in [1.165, 1.54) is 0 Å². The van der Waals surface area contributed by atoms with Crippen molar-refractivity contribution < 1.29 is 4.39 Å². The van der Waals surface area contributed by atoms with Gasteiger partial charge in [-0.1, -0.05) is 19.6 Å². The van der Waals surface area contributed by atoms with Crippen molar-refractivity contribution in [2.75, 3.05) is 0 Å². The molecule has 0 saturated heterocycles. The second-order valence-corrected chi connectivity index (χ2v) is 1.57. The van der Waals surface area contributed by atoms with Crippen LogP contribution in [-0.2, 0) is 0 Å². The second-order valence-electron chi connectivity index (χ2n) is 1.57. The van der Waals surface area contributed by atoms with E-state index in [4.69, 9.17) is 0 Å². The molecule has 0 aliphatic carbocycles. The number of hydrogen-bond acceptors (Lipinski definition) is 0. The van der Waals surface area contributed by atoms with Crippen molar-refractivity contribution in [1.29, 1.82) is 0 Å². The van der Waals surface area contributed by atoms with Crippen LogP contribution in [-0.4, -0.2) is 0 Å². The Morgan fingerprint density at radius 3 is 2.25 bits per heavy atom. The Morgan fingerprint density at radius 2 is 2.25 bits per heavy atom. The van der Waals surface area contributed by atoms with Gasteiger partial charge in [-0.25, -0.2) is 4.39 Å². The van der Waals surface area contributed by atoms with Gasteiger partial charge < -0.3 is 0 Å². The third kappa shape index (κ3) is 1.92. The predicted molar refractivity (Wildman–Crippen MR) is 34.3 cm³/mol. The van der Waals surface area contributed by atoms with Crippen LogP contribution >= 0.6 is 0 Å². The Hall–Kier alpha value is -0.590. The minimum atomic E-state index is -0.310. The first-order valence-corrected chi connectivity index (χ1v) is 2.72. The summed E-state index contributed by atoms with van der Waals surface area (Å²) >= 11 is 0. The van der Waals surface area contributed by atoms with Gasteiger partial charge in [0.2, 0.25) is 0 Å². The van der Waals surface area contributed by atoms with E-state index in [9.17, 15) is 4.39 Å². The molecule has 0 aromatic heterocycles. The molecule has 1 heteroatoms. The maximum absolute atomic E-state index is 12.1. The van der Waals surface area contributed by atoms with Crippen molar-refractivity contribution in [3.8, 4) is 0 Å². The zero-order valence-corrected chi connectivity index (χ0v) is 5.37. The third-order valence-electron chi connectivity index (χ3n) is 1.08. The van der Waals surface area contributed by atoms with Crippen LogP contribution in [0.3, 0.4) is 0 Å². The van der Waals surface area contributed by atoms with Crippen LogP contribution in [0, 0.1) is 0 Å². The highest BCUT2D eigenvalue weighted by Crippen LogP contribution is 2.11. The van der Waals surface area contributed by atoms with Crippen LogP contribution in [0.15, 0.2) is 24.1 Å². The molecule has 0 radical (unpaired) electrons. The molecule has 0 unspecified atom stereocenters. The summed E-state index contributed by atoms with van der Waals surface area (Å²) in [6, 6.07) is 0. The highest BCUT2D eigenvalue weighted by Gasteiger charge is 1.93. The molecule has 0 rings (SSSR count). The minimum absolute atomic E-state index is 0.310. The normalized spacial score (nSPS) is 11.6. The lowest BCUT2D eigenvalue weighted by molar-refractivity contribution is 0.647. The highest BCUT2D eigenvalue weighted by atomic mass is 19.1. The first-order chi connectivity index (χ1) is 3.72. The highest BCUT2D eigenvalue weighted by molar-refractivity contribution is 5.20. The summed E-state index contributed by atoms with van der Waals surface area (Å²) in [5, 5.41) is 0. The van der Waals surface area contributed by atoms with Crippen LogP contribution in [0.25, 0.3) is 0 Å². The van der Waals surface area contributed by atoms with Crippen molar-refractivity contribution in [3.63, 3.8) is 0 Å². The lowest BCUT2D eigenvalue weighted by Gasteiger charge is -1.94. The van der Waals surface area contributed by atoms with Crippen LogP contribution in [0.4, 0.5) is 4.39 Å². The van der Waals surface area contributed by atoms with E-state index in [-0.39, 0.29) is 5.83 Å². The standard InChI is InChI=1S/C7H11F/c1-4-7(5-2)6(3)8/h4H,3,5H2,1-2H3/b7-4+. The molecule has 0 nitrogen and oxygen atoms in total. The molecule has 0 amide bonds. The predicted octanol–water partition coefficient (Wildman–Crippen LogP) is 2.83. The van der Waals surface area contributed by atoms with Crippen molar-refractivity contribution in [2.45, 2.75) is 20.3 Å². The Balaban J connectivity index is 3.92. The van der Waals surface area contributed by atoms with Gasteiger partial charge in [-0.05, 0) is 18.9 Å². The summed E-state index contributed by atoms with van der Waals surface area (Å²) in [6.45, 7) is 6.87. The number of halogens is 1. The average Bonchev–Trinajstić information content (AvgIpc) is 1.69. The zero-order valence-electron chi connectivity index (χ0n) is 5.37. The van der Waals surface area contributed by atoms with Gasteiger partial charge in [-0.3, -0.25) is 0 Å². The molecule has 0 N–H and O–H groups in total. The smallest absolute Gasteiger partial charge is 0.118 e. The lowest BCUT2D eigenvalue weighted by Crippen LogP contribution is -1.76. The molecule has 0 bridgehead atoms. The quantitative estimate of drug-likeness (QED) is 0.484. The minimum Gasteiger partial charge on any atom is -0.207 e. The van der Waals surface area contributed by atoms with Crippen molar-refractivity contribution in [1.82, 2.24) is 0 Å². The van der Waals surface area contributed by atoms with E-state index in [0.29, 0.717) is 5.57 Å². The number of allylic oxidation sites excluding steroid dienone is 3. The lowest BCUT2D eigenvalue weighted by atomic mass is 10.2. The van der Waals surface area contributed by atoms with Crippen LogP contribution in [0.5, 0.6) is 0 Å². The Bertz CT molecular complexity index is 112. The Morgan fingerprint density at radius 1 is 1.75 bits per heavy atom. The van der Waals surface area contributed by atoms with Crippen LogP contribution in [0.2, 0.25) is 0 Å². The topological polar surface area (TPSA) is 0 Å². The van der Waals surface area contributed by atoms with E-state index >= 15 is 0 Å². The number of rotatable bonds is 2. The van der Waals surface area contributed by atoms with Crippen molar-refractivity contribution in [3.05, 3.63) is 24.1 Å². The van der Waals surface area contributed by atoms with E-state index in [0.717, 1.165) is 6.42 Å². The van der Waals surface area contributed by atoms with Crippen LogP contribution in [0.1, 0.15) is 20.3 Å². The molecular formula is C7H11F. The summed E-state index contributed by atoms with van der Waals surface area (Å²) in [4.78, 5) is 0. The van der Waals surface area contributed by atoms with Gasteiger partial charge in [0, 0.05) is 0 Å². The summed E-state index contributed by atoms with van der Waals surface area (Å²) in [5.41, 5.74) is 0.699. The SMILES string of the molecule is C=C(F)/C(=C/C)CC. The van der Waals surface area contributed by atoms with Gasteiger partial charge in [-0.2, -0.15) is 0 Å². The molecule has 8 heavy (non-hydrogen) atoms. The van der Waals surface area contributed by atoms with Gasteiger partial charge in [0.1, 0.15) is 5.83 Å². The molecule has 0 saturated carbocycles. The first kappa shape index (κ1) is 7.41. The first-order valence-electron chi connectivity index (χ1n) is 2.72. The Kier molecular flexibility index (Phi) is 3.16. The van der Waals surface area contributed by atoms with Gasteiger partial charge in [0.25, 0.3) is 0 Å². The fourth-order valence-electron chi connectivity index (χ4n) is 0.553. The summed E-state index contributed by atoms with van der Waals surface area (Å²) < 4.78 is 12.1. The van der Waals surface area contributed by atoms with E-state index < -0.39 is 0 Å². The molecule has 46 valence electrons. The Labute approximate surface area is 49.7 Å². The van der Waals surface area contributed by atoms with Gasteiger partial charge in [0.05, 0.1) is 0 Å². The number of hydrogen-bond donors (Lipinski definition) is 0. The summed E-state index contributed by atoms with van der Waals surface area (Å²) in [5.74, 6) is -0.310. The monoisotopic (exact) mass is 114 g/mol. The van der Waals surface area contributed by atoms with E-state index in [1.54, 1.807) is 6.08 Å². The molecule has 0 aromatic rings. The van der Waals surface area contributed by atoms with Gasteiger partial charge in [0.15, 0.2) is 0 Å². The van der Waals surface area contributed by atoms with Crippen molar-refractivity contribution >= 4 is 0 Å². The molecule has 0 spiro atoms. The van der Waals surface area contributed by atoms with Crippen LogP contribution < -0.4 is 0 Å².